The zero-order valence-corrected chi connectivity index (χ0v) is 7.16. The molecular weight excluding hydrogens is 158 g/mol. The van der Waals surface area contributed by atoms with Crippen molar-refractivity contribution in [2.45, 2.75) is 26.2 Å². The summed E-state index contributed by atoms with van der Waals surface area (Å²) < 4.78 is 0. The lowest BCUT2D eigenvalue weighted by atomic mass is 9.82. The van der Waals surface area contributed by atoms with Crippen molar-refractivity contribution in [2.75, 3.05) is 6.54 Å². The third-order valence-electron chi connectivity index (χ3n) is 2.24. The van der Waals surface area contributed by atoms with E-state index in [9.17, 15) is 14.9 Å². The minimum atomic E-state index is -0.323. The van der Waals surface area contributed by atoms with Crippen LogP contribution in [0, 0.1) is 22.0 Å². The molecule has 0 amide bonds. The maximum Gasteiger partial charge on any atom is 0.207 e. The Morgan fingerprint density at radius 2 is 2.25 bits per heavy atom. The Kier molecular flexibility index (Phi) is 2.78. The zero-order valence-electron chi connectivity index (χ0n) is 7.16. The van der Waals surface area contributed by atoms with Crippen LogP contribution in [0.25, 0.3) is 0 Å². The molecule has 0 bridgehead atoms. The van der Waals surface area contributed by atoms with Gasteiger partial charge in [0.05, 0.1) is 0 Å². The summed E-state index contributed by atoms with van der Waals surface area (Å²) in [4.78, 5) is 20.9. The van der Waals surface area contributed by atoms with Crippen molar-refractivity contribution in [3.63, 3.8) is 0 Å². The highest BCUT2D eigenvalue weighted by molar-refractivity contribution is 5.79. The molecule has 0 aliphatic heterocycles. The lowest BCUT2D eigenvalue weighted by molar-refractivity contribution is -0.488. The molecule has 2 atom stereocenters. The average Bonchev–Trinajstić information content (AvgIpc) is 1.81. The van der Waals surface area contributed by atoms with Crippen LogP contribution in [0.5, 0.6) is 0 Å². The zero-order chi connectivity index (χ0) is 9.14. The Morgan fingerprint density at radius 3 is 2.75 bits per heavy atom. The van der Waals surface area contributed by atoms with Crippen molar-refractivity contribution in [1.82, 2.24) is 0 Å². The van der Waals surface area contributed by atoms with Crippen LogP contribution in [0.15, 0.2) is 0 Å². The van der Waals surface area contributed by atoms with Gasteiger partial charge < -0.3 is 0 Å². The molecule has 1 unspecified atom stereocenters. The van der Waals surface area contributed by atoms with Gasteiger partial charge in [0.1, 0.15) is 5.78 Å². The van der Waals surface area contributed by atoms with Crippen molar-refractivity contribution in [3.05, 3.63) is 10.1 Å². The van der Waals surface area contributed by atoms with Crippen LogP contribution in [-0.2, 0) is 4.79 Å². The van der Waals surface area contributed by atoms with Crippen LogP contribution in [0.1, 0.15) is 26.2 Å². The van der Waals surface area contributed by atoms with Gasteiger partial charge in [0.25, 0.3) is 0 Å². The topological polar surface area (TPSA) is 60.2 Å². The molecule has 4 heteroatoms. The Labute approximate surface area is 71.1 Å². The summed E-state index contributed by atoms with van der Waals surface area (Å²) in [6, 6.07) is 0. The minimum Gasteiger partial charge on any atom is -0.300 e. The number of carbonyl (C=O) groups is 1. The van der Waals surface area contributed by atoms with Gasteiger partial charge in [0.15, 0.2) is 0 Å². The second-order valence-electron chi connectivity index (χ2n) is 3.67. The molecular formula is C8H13NO3. The molecule has 0 N–H and O–H groups in total. The molecule has 0 heterocycles. The fourth-order valence-electron chi connectivity index (χ4n) is 1.88. The first-order valence-corrected chi connectivity index (χ1v) is 4.21. The van der Waals surface area contributed by atoms with Crippen molar-refractivity contribution >= 4 is 5.78 Å². The smallest absolute Gasteiger partial charge is 0.207 e. The summed E-state index contributed by atoms with van der Waals surface area (Å²) in [5, 5.41) is 10.2. The van der Waals surface area contributed by atoms with Crippen LogP contribution in [0.2, 0.25) is 0 Å². The fourth-order valence-corrected chi connectivity index (χ4v) is 1.88. The number of rotatable bonds is 2. The Morgan fingerprint density at radius 1 is 1.58 bits per heavy atom. The van der Waals surface area contributed by atoms with Crippen LogP contribution < -0.4 is 0 Å². The van der Waals surface area contributed by atoms with Gasteiger partial charge in [0.2, 0.25) is 6.54 Å². The maximum absolute atomic E-state index is 11.0. The summed E-state index contributed by atoms with van der Waals surface area (Å²) >= 11 is 0. The molecule has 0 aromatic heterocycles. The van der Waals surface area contributed by atoms with Crippen LogP contribution in [0.3, 0.4) is 0 Å². The Balaban J connectivity index is 2.44. The van der Waals surface area contributed by atoms with Gasteiger partial charge in [-0.3, -0.25) is 14.9 Å². The summed E-state index contributed by atoms with van der Waals surface area (Å²) in [6.07, 6.45) is 1.84. The van der Waals surface area contributed by atoms with E-state index in [-0.39, 0.29) is 23.2 Å². The average molecular weight is 171 g/mol. The molecule has 1 rings (SSSR count). The Bertz CT molecular complexity index is 200. The first-order valence-electron chi connectivity index (χ1n) is 4.21. The molecule has 1 aliphatic rings. The molecule has 1 aliphatic carbocycles. The first-order chi connectivity index (χ1) is 5.58. The second kappa shape index (κ2) is 3.65. The number of carbonyl (C=O) groups excluding carboxylic acids is 1. The van der Waals surface area contributed by atoms with Gasteiger partial charge in [-0.05, 0) is 12.3 Å². The van der Waals surface area contributed by atoms with E-state index in [1.165, 1.54) is 0 Å². The second-order valence-corrected chi connectivity index (χ2v) is 3.67. The predicted molar refractivity (Wildman–Crippen MR) is 43.4 cm³/mol. The third-order valence-corrected chi connectivity index (χ3v) is 2.24. The van der Waals surface area contributed by atoms with E-state index in [1.54, 1.807) is 0 Å². The fraction of sp³-hybridized carbons (Fsp3) is 0.875. The van der Waals surface area contributed by atoms with Crippen molar-refractivity contribution in [3.8, 4) is 0 Å². The molecule has 1 saturated carbocycles. The number of nitrogens with zero attached hydrogens (tertiary/aromatic N) is 1. The number of hydrogen-bond donors (Lipinski definition) is 0. The highest BCUT2D eigenvalue weighted by Crippen LogP contribution is 2.26. The van der Waals surface area contributed by atoms with E-state index in [1.807, 2.05) is 6.92 Å². The number of hydrogen-bond acceptors (Lipinski definition) is 3. The molecule has 12 heavy (non-hydrogen) atoms. The summed E-state index contributed by atoms with van der Waals surface area (Å²) in [6.45, 7) is 1.93. The first kappa shape index (κ1) is 9.16. The van der Waals surface area contributed by atoms with Gasteiger partial charge in [0, 0.05) is 23.7 Å². The summed E-state index contributed by atoms with van der Waals surface area (Å²) in [5.41, 5.74) is 0. The lowest BCUT2D eigenvalue weighted by Crippen LogP contribution is -2.26. The van der Waals surface area contributed by atoms with Crippen LogP contribution in [-0.4, -0.2) is 17.3 Å². The highest BCUT2D eigenvalue weighted by atomic mass is 16.6. The maximum atomic E-state index is 11.0. The molecule has 0 radical (unpaired) electrons. The van der Waals surface area contributed by atoms with E-state index < -0.39 is 0 Å². The van der Waals surface area contributed by atoms with E-state index in [2.05, 4.69) is 0 Å². The van der Waals surface area contributed by atoms with E-state index in [4.69, 9.17) is 0 Å². The van der Waals surface area contributed by atoms with Gasteiger partial charge in [-0.25, -0.2) is 0 Å². The standard InChI is InChI=1S/C8H13NO3/c1-6-2-7(5-9(11)12)4-8(10)3-6/h6-7H,2-5H2,1H3/t6-,7?/m1/s1. The van der Waals surface area contributed by atoms with E-state index in [0.29, 0.717) is 18.8 Å². The summed E-state index contributed by atoms with van der Waals surface area (Å²) in [5.74, 6) is 0.494. The number of nitro groups is 1. The largest absolute Gasteiger partial charge is 0.300 e. The molecule has 0 saturated heterocycles. The van der Waals surface area contributed by atoms with Crippen LogP contribution in [0.4, 0.5) is 0 Å². The van der Waals surface area contributed by atoms with Gasteiger partial charge in [-0.1, -0.05) is 6.92 Å². The SMILES string of the molecule is C[C@H]1CC(=O)CC(C[N+](=O)[O-])C1. The predicted octanol–water partition coefficient (Wildman–Crippen LogP) is 1.27. The van der Waals surface area contributed by atoms with Crippen LogP contribution >= 0.6 is 0 Å². The molecule has 0 aromatic carbocycles. The normalized spacial score (nSPS) is 30.2. The molecule has 68 valence electrons. The highest BCUT2D eigenvalue weighted by Gasteiger charge is 2.27. The molecule has 1 fully saturated rings. The molecule has 0 spiro atoms. The minimum absolute atomic E-state index is 0.0174. The van der Waals surface area contributed by atoms with E-state index in [0.717, 1.165) is 6.42 Å². The van der Waals surface area contributed by atoms with Gasteiger partial charge in [-0.2, -0.15) is 0 Å². The van der Waals surface area contributed by atoms with Crippen molar-refractivity contribution in [1.29, 1.82) is 0 Å². The molecule has 0 aromatic rings. The van der Waals surface area contributed by atoms with Gasteiger partial charge in [-0.15, -0.1) is 0 Å². The van der Waals surface area contributed by atoms with Crippen molar-refractivity contribution in [2.24, 2.45) is 11.8 Å². The number of Topliss-reactive ketones (excluding diaryl/α,β-unsaturated/α-hetero) is 1. The number of ketones is 1. The Hall–Kier alpha value is -0.930. The summed E-state index contributed by atoms with van der Waals surface area (Å²) in [7, 11) is 0. The van der Waals surface area contributed by atoms with E-state index >= 15 is 0 Å². The lowest BCUT2D eigenvalue weighted by Gasteiger charge is -2.22. The third kappa shape index (κ3) is 2.60. The quantitative estimate of drug-likeness (QED) is 0.464. The monoisotopic (exact) mass is 171 g/mol. The van der Waals surface area contributed by atoms with Crippen molar-refractivity contribution < 1.29 is 9.72 Å². The van der Waals surface area contributed by atoms with Gasteiger partial charge >= 0.3 is 0 Å². The molecule has 4 nitrogen and oxygen atoms in total.